The van der Waals surface area contributed by atoms with Gasteiger partial charge in [-0.3, -0.25) is 4.79 Å². The Balaban J connectivity index is 1.71. The van der Waals surface area contributed by atoms with Crippen LogP contribution in [-0.4, -0.2) is 42.7 Å². The van der Waals surface area contributed by atoms with Gasteiger partial charge in [0.25, 0.3) is 5.91 Å². The molecule has 1 aliphatic heterocycles. The predicted molar refractivity (Wildman–Crippen MR) is 71.5 cm³/mol. The van der Waals surface area contributed by atoms with E-state index in [1.807, 2.05) is 0 Å². The monoisotopic (exact) mass is 298 g/mol. The average Bonchev–Trinajstić information content (AvgIpc) is 2.95. The zero-order valence-corrected chi connectivity index (χ0v) is 11.6. The van der Waals surface area contributed by atoms with Gasteiger partial charge in [0.15, 0.2) is 6.61 Å². The molecule has 0 radical (unpaired) electrons. The van der Waals surface area contributed by atoms with Gasteiger partial charge >= 0.3 is 5.97 Å². The van der Waals surface area contributed by atoms with Gasteiger partial charge < -0.3 is 14.8 Å². The summed E-state index contributed by atoms with van der Waals surface area (Å²) in [5.74, 6) is -0.962. The SMILES string of the molecule is O=C(COC(=O)c1ccnc(Cl)c1)NCC1CCCO1. The van der Waals surface area contributed by atoms with E-state index in [0.29, 0.717) is 6.54 Å². The Bertz CT molecular complexity index is 489. The Morgan fingerprint density at radius 2 is 2.40 bits per heavy atom. The Kier molecular flexibility index (Phi) is 5.31. The molecule has 6 nitrogen and oxygen atoms in total. The molecular weight excluding hydrogens is 284 g/mol. The van der Waals surface area contributed by atoms with Crippen molar-refractivity contribution in [3.63, 3.8) is 0 Å². The second kappa shape index (κ2) is 7.21. The van der Waals surface area contributed by atoms with E-state index in [1.165, 1.54) is 18.3 Å². The molecule has 1 amide bonds. The largest absolute Gasteiger partial charge is 0.452 e. The van der Waals surface area contributed by atoms with Crippen LogP contribution in [0.15, 0.2) is 18.3 Å². The van der Waals surface area contributed by atoms with Crippen molar-refractivity contribution in [2.75, 3.05) is 19.8 Å². The minimum Gasteiger partial charge on any atom is -0.452 e. The second-order valence-electron chi connectivity index (χ2n) is 4.38. The third-order valence-electron chi connectivity index (χ3n) is 2.85. The first-order valence-electron chi connectivity index (χ1n) is 6.32. The maximum absolute atomic E-state index is 11.6. The second-order valence-corrected chi connectivity index (χ2v) is 4.77. The van der Waals surface area contributed by atoms with Crippen molar-refractivity contribution >= 4 is 23.5 Å². The number of halogens is 1. The third-order valence-corrected chi connectivity index (χ3v) is 3.05. The number of pyridine rings is 1. The van der Waals surface area contributed by atoms with Gasteiger partial charge in [0.05, 0.1) is 11.7 Å². The molecular formula is C13H15ClN2O4. The van der Waals surface area contributed by atoms with E-state index in [2.05, 4.69) is 10.3 Å². The fourth-order valence-electron chi connectivity index (χ4n) is 1.83. The molecule has 0 saturated carbocycles. The minimum absolute atomic E-state index is 0.0636. The van der Waals surface area contributed by atoms with E-state index in [9.17, 15) is 9.59 Å². The number of amides is 1. The van der Waals surface area contributed by atoms with Gasteiger partial charge in [-0.25, -0.2) is 9.78 Å². The van der Waals surface area contributed by atoms with E-state index in [4.69, 9.17) is 21.1 Å². The minimum atomic E-state index is -0.610. The topological polar surface area (TPSA) is 77.5 Å². The molecule has 2 heterocycles. The summed E-state index contributed by atoms with van der Waals surface area (Å²) in [5.41, 5.74) is 0.261. The molecule has 1 N–H and O–H groups in total. The maximum atomic E-state index is 11.6. The van der Waals surface area contributed by atoms with Crippen LogP contribution in [0.25, 0.3) is 0 Å². The molecule has 1 fully saturated rings. The van der Waals surface area contributed by atoms with Crippen molar-refractivity contribution < 1.29 is 19.1 Å². The number of carbonyl (C=O) groups is 2. The molecule has 20 heavy (non-hydrogen) atoms. The Hall–Kier alpha value is -1.66. The third kappa shape index (κ3) is 4.47. The summed E-state index contributed by atoms with van der Waals surface area (Å²) in [7, 11) is 0. The van der Waals surface area contributed by atoms with E-state index in [0.717, 1.165) is 19.4 Å². The molecule has 7 heteroatoms. The van der Waals surface area contributed by atoms with Crippen molar-refractivity contribution in [2.45, 2.75) is 18.9 Å². The van der Waals surface area contributed by atoms with Crippen LogP contribution in [0.1, 0.15) is 23.2 Å². The quantitative estimate of drug-likeness (QED) is 0.652. The number of rotatable bonds is 5. The Morgan fingerprint density at radius 1 is 1.55 bits per heavy atom. The fourth-order valence-corrected chi connectivity index (χ4v) is 2.00. The van der Waals surface area contributed by atoms with Gasteiger partial charge in [-0.1, -0.05) is 11.6 Å². The van der Waals surface area contributed by atoms with Gasteiger partial charge in [0, 0.05) is 19.3 Å². The molecule has 0 aromatic carbocycles. The predicted octanol–water partition coefficient (Wildman–Crippen LogP) is 1.19. The lowest BCUT2D eigenvalue weighted by molar-refractivity contribution is -0.124. The zero-order valence-electron chi connectivity index (χ0n) is 10.8. The van der Waals surface area contributed by atoms with E-state index in [-0.39, 0.29) is 29.3 Å². The van der Waals surface area contributed by atoms with E-state index in [1.54, 1.807) is 0 Å². The Morgan fingerprint density at radius 3 is 3.10 bits per heavy atom. The summed E-state index contributed by atoms with van der Waals surface area (Å²) in [6, 6.07) is 2.85. The zero-order chi connectivity index (χ0) is 14.4. The summed E-state index contributed by atoms with van der Waals surface area (Å²) in [5, 5.41) is 2.86. The van der Waals surface area contributed by atoms with Crippen LogP contribution >= 0.6 is 11.6 Å². The molecule has 1 atom stereocenters. The molecule has 1 unspecified atom stereocenters. The standard InChI is InChI=1S/C13H15ClN2O4/c14-11-6-9(3-4-15-11)13(18)20-8-12(17)16-7-10-2-1-5-19-10/h3-4,6,10H,1-2,5,7-8H2,(H,16,17). The summed E-state index contributed by atoms with van der Waals surface area (Å²) in [4.78, 5) is 26.9. The number of ether oxygens (including phenoxy) is 2. The van der Waals surface area contributed by atoms with Crippen molar-refractivity contribution in [1.29, 1.82) is 0 Å². The molecule has 1 aromatic rings. The smallest absolute Gasteiger partial charge is 0.338 e. The van der Waals surface area contributed by atoms with E-state index >= 15 is 0 Å². The van der Waals surface area contributed by atoms with Crippen molar-refractivity contribution in [3.05, 3.63) is 29.0 Å². The number of hydrogen-bond donors (Lipinski definition) is 1. The Labute approximate surface area is 121 Å². The lowest BCUT2D eigenvalue weighted by atomic mass is 10.2. The van der Waals surface area contributed by atoms with Gasteiger partial charge in [0.1, 0.15) is 5.15 Å². The van der Waals surface area contributed by atoms with Crippen LogP contribution in [0.5, 0.6) is 0 Å². The molecule has 1 saturated heterocycles. The van der Waals surface area contributed by atoms with Crippen LogP contribution < -0.4 is 5.32 Å². The summed E-state index contributed by atoms with van der Waals surface area (Å²) in [6.07, 6.45) is 3.42. The molecule has 1 aromatic heterocycles. The highest BCUT2D eigenvalue weighted by Gasteiger charge is 2.17. The van der Waals surface area contributed by atoms with Crippen molar-refractivity contribution in [1.82, 2.24) is 10.3 Å². The van der Waals surface area contributed by atoms with Crippen molar-refractivity contribution in [2.24, 2.45) is 0 Å². The number of nitrogens with zero attached hydrogens (tertiary/aromatic N) is 1. The lowest BCUT2D eigenvalue weighted by Gasteiger charge is -2.10. The molecule has 0 aliphatic carbocycles. The molecule has 1 aliphatic rings. The number of hydrogen-bond acceptors (Lipinski definition) is 5. The van der Waals surface area contributed by atoms with Gasteiger partial charge in [-0.05, 0) is 25.0 Å². The first-order chi connectivity index (χ1) is 9.65. The molecule has 2 rings (SSSR count). The first-order valence-corrected chi connectivity index (χ1v) is 6.70. The number of aromatic nitrogens is 1. The van der Waals surface area contributed by atoms with Crippen LogP contribution in [0.4, 0.5) is 0 Å². The molecule has 108 valence electrons. The van der Waals surface area contributed by atoms with Gasteiger partial charge in [-0.2, -0.15) is 0 Å². The van der Waals surface area contributed by atoms with E-state index < -0.39 is 5.97 Å². The van der Waals surface area contributed by atoms with Crippen molar-refractivity contribution in [3.8, 4) is 0 Å². The summed E-state index contributed by atoms with van der Waals surface area (Å²) >= 11 is 5.66. The summed E-state index contributed by atoms with van der Waals surface area (Å²) < 4.78 is 10.2. The highest BCUT2D eigenvalue weighted by atomic mass is 35.5. The van der Waals surface area contributed by atoms with Gasteiger partial charge in [0.2, 0.25) is 0 Å². The van der Waals surface area contributed by atoms with Crippen LogP contribution in [0.2, 0.25) is 5.15 Å². The number of esters is 1. The molecule has 0 bridgehead atoms. The number of nitrogens with one attached hydrogen (secondary N) is 1. The fraction of sp³-hybridized carbons (Fsp3) is 0.462. The highest BCUT2D eigenvalue weighted by Crippen LogP contribution is 2.10. The van der Waals surface area contributed by atoms with Gasteiger partial charge in [-0.15, -0.1) is 0 Å². The summed E-state index contributed by atoms with van der Waals surface area (Å²) in [6.45, 7) is 0.849. The van der Waals surface area contributed by atoms with Crippen LogP contribution in [0, 0.1) is 0 Å². The normalized spacial score (nSPS) is 17.8. The van der Waals surface area contributed by atoms with Crippen LogP contribution in [-0.2, 0) is 14.3 Å². The maximum Gasteiger partial charge on any atom is 0.338 e. The average molecular weight is 299 g/mol. The van der Waals surface area contributed by atoms with Crippen LogP contribution in [0.3, 0.4) is 0 Å². The number of carbonyl (C=O) groups excluding carboxylic acids is 2. The highest BCUT2D eigenvalue weighted by molar-refractivity contribution is 6.29. The molecule has 0 spiro atoms. The lowest BCUT2D eigenvalue weighted by Crippen LogP contribution is -2.34. The first kappa shape index (κ1) is 14.7.